The van der Waals surface area contributed by atoms with Crippen molar-refractivity contribution in [2.75, 3.05) is 59.1 Å². The fourth-order valence-electron chi connectivity index (χ4n) is 6.09. The monoisotopic (exact) mass is 675 g/mol. The van der Waals surface area contributed by atoms with Crippen molar-refractivity contribution in [2.45, 2.75) is 75.9 Å². The number of carbonyl (C=O) groups is 1. The van der Waals surface area contributed by atoms with Gasteiger partial charge < -0.3 is 34.5 Å². The van der Waals surface area contributed by atoms with Gasteiger partial charge in [-0.05, 0) is 75.0 Å². The van der Waals surface area contributed by atoms with E-state index in [2.05, 4.69) is 14.6 Å². The molecular weight excluding hydrogens is 627 g/mol. The number of halogens is 3. The molecule has 0 spiro atoms. The Morgan fingerprint density at radius 2 is 1.74 bits per heavy atom. The number of allylic oxidation sites excluding steroid dienone is 2. The third-order valence-corrected chi connectivity index (χ3v) is 8.74. The Morgan fingerprint density at radius 1 is 1.04 bits per heavy atom. The molecule has 1 aliphatic heterocycles. The summed E-state index contributed by atoms with van der Waals surface area (Å²) < 4.78 is 49.4. The molecule has 0 bridgehead atoms. The summed E-state index contributed by atoms with van der Waals surface area (Å²) in [6, 6.07) is 4.46. The lowest BCUT2D eigenvalue weighted by Crippen LogP contribution is -2.47. The Labute approximate surface area is 273 Å². The van der Waals surface area contributed by atoms with E-state index in [4.69, 9.17) is 9.47 Å². The Hall–Kier alpha value is -2.98. The smallest absolute Gasteiger partial charge is 0.416 e. The van der Waals surface area contributed by atoms with Gasteiger partial charge in [0.05, 0.1) is 30.5 Å². The molecule has 2 fully saturated rings. The summed E-state index contributed by atoms with van der Waals surface area (Å²) in [5.41, 5.74) is -0.833. The molecule has 0 amide bonds. The van der Waals surface area contributed by atoms with Gasteiger partial charge >= 0.3 is 12.1 Å². The Balaban J connectivity index is 1.25. The molecule has 266 valence electrons. The number of carbonyl (C=O) groups excluding carboxylic acids is 1. The van der Waals surface area contributed by atoms with Crippen LogP contribution < -0.4 is 4.74 Å². The van der Waals surface area contributed by atoms with Gasteiger partial charge in [0.15, 0.2) is 0 Å². The molecule has 1 saturated carbocycles. The average molecular weight is 676 g/mol. The number of alkyl halides is 3. The highest BCUT2D eigenvalue weighted by Crippen LogP contribution is 2.38. The fourth-order valence-corrected chi connectivity index (χ4v) is 6.09. The van der Waals surface area contributed by atoms with E-state index in [0.717, 1.165) is 44.9 Å². The molecule has 15 heteroatoms. The lowest BCUT2D eigenvalue weighted by Gasteiger charge is -2.34. The van der Waals surface area contributed by atoms with Gasteiger partial charge in [-0.3, -0.25) is 9.69 Å². The lowest BCUT2D eigenvalue weighted by molar-refractivity contribution is -0.757. The average Bonchev–Trinajstić information content (AvgIpc) is 3.30. The molecule has 5 atom stereocenters. The van der Waals surface area contributed by atoms with E-state index < -0.39 is 35.1 Å². The van der Waals surface area contributed by atoms with Crippen LogP contribution in [0.15, 0.2) is 36.4 Å². The van der Waals surface area contributed by atoms with Gasteiger partial charge in [-0.15, -0.1) is 10.1 Å². The van der Waals surface area contributed by atoms with E-state index in [9.17, 15) is 43.4 Å². The highest BCUT2D eigenvalue weighted by molar-refractivity contribution is 5.69. The van der Waals surface area contributed by atoms with Gasteiger partial charge in [0, 0.05) is 45.7 Å². The first kappa shape index (κ1) is 38.5. The first-order chi connectivity index (χ1) is 22.4. The van der Waals surface area contributed by atoms with Crippen LogP contribution in [0.4, 0.5) is 13.2 Å². The van der Waals surface area contributed by atoms with E-state index in [1.807, 2.05) is 12.2 Å². The molecule has 0 aromatic heterocycles. The Morgan fingerprint density at radius 3 is 2.45 bits per heavy atom. The van der Waals surface area contributed by atoms with Crippen LogP contribution >= 0.6 is 0 Å². The number of esters is 1. The van der Waals surface area contributed by atoms with Crippen LogP contribution in [0.2, 0.25) is 0 Å². The Bertz CT molecular complexity index is 1120. The van der Waals surface area contributed by atoms with E-state index >= 15 is 0 Å². The second-order valence-electron chi connectivity index (χ2n) is 12.2. The lowest BCUT2D eigenvalue weighted by atomic mass is 9.86. The first-order valence-electron chi connectivity index (χ1n) is 16.3. The maximum atomic E-state index is 12.9. The maximum Gasteiger partial charge on any atom is 0.416 e. The van der Waals surface area contributed by atoms with E-state index in [1.165, 1.54) is 12.1 Å². The minimum atomic E-state index is -4.49. The summed E-state index contributed by atoms with van der Waals surface area (Å²) in [6.45, 7) is 4.99. The van der Waals surface area contributed by atoms with E-state index in [-0.39, 0.29) is 56.0 Å². The number of piperazine rings is 1. The molecule has 1 aromatic carbocycles. The van der Waals surface area contributed by atoms with Crippen molar-refractivity contribution in [1.82, 2.24) is 9.80 Å². The number of nitrogens with zero attached hydrogens (tertiary/aromatic N) is 3. The van der Waals surface area contributed by atoms with Crippen LogP contribution in [0.5, 0.6) is 5.75 Å². The predicted molar refractivity (Wildman–Crippen MR) is 165 cm³/mol. The second kappa shape index (κ2) is 19.7. The normalized spacial score (nSPS) is 23.2. The first-order valence-corrected chi connectivity index (χ1v) is 16.3. The third kappa shape index (κ3) is 14.4. The summed E-state index contributed by atoms with van der Waals surface area (Å²) in [5.74, 6) is -0.693. The van der Waals surface area contributed by atoms with Crippen molar-refractivity contribution in [1.29, 1.82) is 0 Å². The number of benzene rings is 1. The third-order valence-electron chi connectivity index (χ3n) is 8.74. The summed E-state index contributed by atoms with van der Waals surface area (Å²) in [4.78, 5) is 31.1. The van der Waals surface area contributed by atoms with Crippen molar-refractivity contribution >= 4 is 5.97 Å². The van der Waals surface area contributed by atoms with Crippen molar-refractivity contribution < 1.29 is 52.7 Å². The quantitative estimate of drug-likeness (QED) is 0.0612. The number of aliphatic hydroxyl groups is 3. The highest BCUT2D eigenvalue weighted by atomic mass is 19.4. The zero-order valence-corrected chi connectivity index (χ0v) is 26.6. The van der Waals surface area contributed by atoms with Gasteiger partial charge in [-0.1, -0.05) is 18.2 Å². The molecule has 0 radical (unpaired) electrons. The number of unbranched alkanes of at least 4 members (excludes halogenated alkanes) is 1. The minimum Gasteiger partial charge on any atom is -0.491 e. The number of ether oxygens (including phenoxy) is 2. The largest absolute Gasteiger partial charge is 0.491 e. The molecule has 1 aliphatic carbocycles. The molecule has 12 nitrogen and oxygen atoms in total. The van der Waals surface area contributed by atoms with Crippen LogP contribution in [0.3, 0.4) is 0 Å². The summed E-state index contributed by atoms with van der Waals surface area (Å²) >= 11 is 0. The topological polar surface area (TPSA) is 155 Å². The number of rotatable bonds is 20. The van der Waals surface area contributed by atoms with Crippen LogP contribution in [-0.4, -0.2) is 114 Å². The number of aliphatic hydroxyl groups excluding tert-OH is 3. The molecule has 2 aliphatic rings. The summed E-state index contributed by atoms with van der Waals surface area (Å²) in [7, 11) is 0. The summed E-state index contributed by atoms with van der Waals surface area (Å²) in [6.07, 6.45) is 0.654. The van der Waals surface area contributed by atoms with Gasteiger partial charge in [0.25, 0.3) is 5.09 Å². The number of hydrogen-bond donors (Lipinski definition) is 3. The van der Waals surface area contributed by atoms with Crippen molar-refractivity contribution in [3.05, 3.63) is 52.1 Å². The molecule has 3 rings (SSSR count). The van der Waals surface area contributed by atoms with Gasteiger partial charge in [-0.25, -0.2) is 0 Å². The predicted octanol–water partition coefficient (Wildman–Crippen LogP) is 3.46. The van der Waals surface area contributed by atoms with Crippen LogP contribution in [0.25, 0.3) is 0 Å². The molecular formula is C32H48F3N3O9. The SMILES string of the molecule is O=C(CCC/C=C\C[C@@H]1[C@@H](CC[C@@H](O)COc2cccc(C(F)(F)F)c2)[C@H](O)C[C@@H]1O)OCCN1CCN(CCCO[N+](=O)[O-])CC1. The minimum absolute atomic E-state index is 0.00985. The van der Waals surface area contributed by atoms with Crippen molar-refractivity contribution in [3.8, 4) is 5.75 Å². The molecule has 0 unspecified atom stereocenters. The van der Waals surface area contributed by atoms with E-state index in [1.54, 1.807) is 0 Å². The van der Waals surface area contributed by atoms with Crippen molar-refractivity contribution in [3.63, 3.8) is 0 Å². The molecule has 1 aromatic rings. The zero-order valence-electron chi connectivity index (χ0n) is 26.6. The standard InChI is InChI=1S/C32H48F3N3O9/c33-32(34,35)24-7-5-8-26(21-24)46-23-25(39)11-12-28-27(29(40)22-30(28)41)9-3-1-2-4-10-31(42)45-20-18-37-16-14-36(15-17-37)13-6-19-47-38(43)44/h1,3,5,7-8,21,25,27-30,39-41H,2,4,6,9-20,22-23H2/b3-1-/t25-,27-,28-,29+,30-/m1/s1. The fraction of sp³-hybridized carbons (Fsp3) is 0.719. The molecule has 1 saturated heterocycles. The van der Waals surface area contributed by atoms with E-state index in [0.29, 0.717) is 45.3 Å². The second-order valence-corrected chi connectivity index (χ2v) is 12.2. The Kier molecular flexibility index (Phi) is 16.2. The van der Waals surface area contributed by atoms with Gasteiger partial charge in [0.1, 0.15) is 19.0 Å². The summed E-state index contributed by atoms with van der Waals surface area (Å²) in [5, 5.41) is 40.8. The number of hydrogen-bond acceptors (Lipinski definition) is 11. The zero-order chi connectivity index (χ0) is 34.2. The van der Waals surface area contributed by atoms with Crippen molar-refractivity contribution in [2.24, 2.45) is 11.8 Å². The van der Waals surface area contributed by atoms with Gasteiger partial charge in [-0.2, -0.15) is 13.2 Å². The maximum absolute atomic E-state index is 12.9. The molecule has 1 heterocycles. The van der Waals surface area contributed by atoms with Crippen LogP contribution in [0, 0.1) is 22.0 Å². The van der Waals surface area contributed by atoms with Crippen LogP contribution in [-0.2, 0) is 20.5 Å². The highest BCUT2D eigenvalue weighted by Gasteiger charge is 2.40. The molecule has 3 N–H and O–H groups in total. The van der Waals surface area contributed by atoms with Gasteiger partial charge in [0.2, 0.25) is 0 Å². The van der Waals surface area contributed by atoms with Crippen LogP contribution in [0.1, 0.15) is 56.9 Å². The molecule has 47 heavy (non-hydrogen) atoms.